The van der Waals surface area contributed by atoms with Gasteiger partial charge in [0.1, 0.15) is 5.69 Å². The van der Waals surface area contributed by atoms with Crippen molar-refractivity contribution in [3.63, 3.8) is 0 Å². The third-order valence-electron chi connectivity index (χ3n) is 4.28. The molecule has 5 heteroatoms. The van der Waals surface area contributed by atoms with Crippen LogP contribution in [0.15, 0.2) is 60.9 Å². The molecule has 4 rings (SSSR count). The number of anilines is 1. The van der Waals surface area contributed by atoms with Gasteiger partial charge in [-0.1, -0.05) is 36.4 Å². The van der Waals surface area contributed by atoms with Crippen LogP contribution < -0.4 is 5.32 Å². The molecule has 0 bridgehead atoms. The van der Waals surface area contributed by atoms with E-state index in [1.54, 1.807) is 12.4 Å². The first-order valence-electron chi connectivity index (χ1n) is 8.39. The van der Waals surface area contributed by atoms with Crippen molar-refractivity contribution in [1.29, 1.82) is 0 Å². The van der Waals surface area contributed by atoms with E-state index in [9.17, 15) is 4.79 Å². The fraction of sp³-hybridized carbons (Fsp3) is 0.0952. The third kappa shape index (κ3) is 3.07. The molecular formula is C21H18N4O. The van der Waals surface area contributed by atoms with Crippen LogP contribution in [0.2, 0.25) is 0 Å². The van der Waals surface area contributed by atoms with Crippen LogP contribution in [-0.2, 0) is 0 Å². The lowest BCUT2D eigenvalue weighted by Gasteiger charge is -2.04. The zero-order valence-corrected chi connectivity index (χ0v) is 14.6. The first-order valence-corrected chi connectivity index (χ1v) is 8.39. The standard InChI is InChI=1S/C21H18N4O/c1-13-8-14(2)17-10-19(25-18(17)9-13)21(26)24-16-11-22-20(23-12-16)15-6-4-3-5-7-15/h3-12,25H,1-2H3,(H,24,26). The Morgan fingerprint density at radius 3 is 2.46 bits per heavy atom. The molecule has 0 fully saturated rings. The Bertz CT molecular complexity index is 1080. The number of H-pyrrole nitrogens is 1. The third-order valence-corrected chi connectivity index (χ3v) is 4.28. The summed E-state index contributed by atoms with van der Waals surface area (Å²) in [6, 6.07) is 15.7. The van der Waals surface area contributed by atoms with Crippen LogP contribution in [0.1, 0.15) is 21.6 Å². The lowest BCUT2D eigenvalue weighted by Crippen LogP contribution is -2.12. The van der Waals surface area contributed by atoms with Gasteiger partial charge in [0, 0.05) is 16.5 Å². The molecule has 5 nitrogen and oxygen atoms in total. The fourth-order valence-electron chi connectivity index (χ4n) is 3.05. The van der Waals surface area contributed by atoms with Crippen LogP contribution in [0, 0.1) is 13.8 Å². The number of nitrogens with zero attached hydrogens (tertiary/aromatic N) is 2. The number of aromatic nitrogens is 3. The van der Waals surface area contributed by atoms with Crippen molar-refractivity contribution in [2.75, 3.05) is 5.32 Å². The van der Waals surface area contributed by atoms with Crippen molar-refractivity contribution in [2.45, 2.75) is 13.8 Å². The number of amides is 1. The summed E-state index contributed by atoms with van der Waals surface area (Å²) in [5, 5.41) is 3.89. The quantitative estimate of drug-likeness (QED) is 0.576. The summed E-state index contributed by atoms with van der Waals surface area (Å²) < 4.78 is 0. The average molecular weight is 342 g/mol. The summed E-state index contributed by atoms with van der Waals surface area (Å²) in [6.45, 7) is 4.08. The number of carbonyl (C=O) groups is 1. The Kier molecular flexibility index (Phi) is 3.97. The minimum atomic E-state index is -0.214. The van der Waals surface area contributed by atoms with Gasteiger partial charge in [-0.15, -0.1) is 0 Å². The van der Waals surface area contributed by atoms with Gasteiger partial charge in [-0.25, -0.2) is 9.97 Å². The van der Waals surface area contributed by atoms with Crippen molar-refractivity contribution >= 4 is 22.5 Å². The summed E-state index contributed by atoms with van der Waals surface area (Å²) in [5.41, 5.74) is 5.27. The number of aromatic amines is 1. The van der Waals surface area contributed by atoms with Gasteiger partial charge in [-0.05, 0) is 37.1 Å². The van der Waals surface area contributed by atoms with Gasteiger partial charge in [0.2, 0.25) is 0 Å². The monoisotopic (exact) mass is 342 g/mol. The van der Waals surface area contributed by atoms with Crippen LogP contribution in [0.4, 0.5) is 5.69 Å². The van der Waals surface area contributed by atoms with Crippen LogP contribution in [0.5, 0.6) is 0 Å². The minimum Gasteiger partial charge on any atom is -0.351 e. The highest BCUT2D eigenvalue weighted by Gasteiger charge is 2.12. The van der Waals surface area contributed by atoms with Crippen molar-refractivity contribution in [3.8, 4) is 11.4 Å². The van der Waals surface area contributed by atoms with Crippen LogP contribution >= 0.6 is 0 Å². The molecule has 128 valence electrons. The summed E-state index contributed by atoms with van der Waals surface area (Å²) in [7, 11) is 0. The van der Waals surface area contributed by atoms with Crippen molar-refractivity contribution in [2.24, 2.45) is 0 Å². The van der Waals surface area contributed by atoms with E-state index in [1.807, 2.05) is 56.3 Å². The largest absolute Gasteiger partial charge is 0.351 e. The summed E-state index contributed by atoms with van der Waals surface area (Å²) >= 11 is 0. The Morgan fingerprint density at radius 1 is 1.00 bits per heavy atom. The molecule has 0 atom stereocenters. The predicted molar refractivity (Wildman–Crippen MR) is 103 cm³/mol. The lowest BCUT2D eigenvalue weighted by atomic mass is 10.1. The number of carbonyl (C=O) groups excluding carboxylic acids is 1. The van der Waals surface area contributed by atoms with E-state index in [4.69, 9.17) is 0 Å². The Morgan fingerprint density at radius 2 is 1.73 bits per heavy atom. The molecule has 2 aromatic carbocycles. The van der Waals surface area contributed by atoms with Crippen molar-refractivity contribution in [1.82, 2.24) is 15.0 Å². The van der Waals surface area contributed by atoms with Crippen LogP contribution in [-0.4, -0.2) is 20.9 Å². The van der Waals surface area contributed by atoms with E-state index in [2.05, 4.69) is 26.3 Å². The fourth-order valence-corrected chi connectivity index (χ4v) is 3.05. The number of benzene rings is 2. The molecule has 26 heavy (non-hydrogen) atoms. The molecule has 0 radical (unpaired) electrons. The Balaban J connectivity index is 1.56. The van der Waals surface area contributed by atoms with Crippen molar-refractivity contribution < 1.29 is 4.79 Å². The highest BCUT2D eigenvalue weighted by Crippen LogP contribution is 2.22. The second-order valence-electron chi connectivity index (χ2n) is 6.34. The van der Waals surface area contributed by atoms with Gasteiger partial charge in [0.25, 0.3) is 5.91 Å². The normalized spacial score (nSPS) is 10.8. The second-order valence-corrected chi connectivity index (χ2v) is 6.34. The van der Waals surface area contributed by atoms with Crippen LogP contribution in [0.25, 0.3) is 22.3 Å². The molecule has 2 heterocycles. The van der Waals surface area contributed by atoms with E-state index < -0.39 is 0 Å². The van der Waals surface area contributed by atoms with Crippen LogP contribution in [0.3, 0.4) is 0 Å². The van der Waals surface area contributed by atoms with Gasteiger partial charge >= 0.3 is 0 Å². The molecule has 0 unspecified atom stereocenters. The maximum atomic E-state index is 12.5. The zero-order chi connectivity index (χ0) is 18.1. The Labute approximate surface area is 151 Å². The smallest absolute Gasteiger partial charge is 0.272 e. The number of nitrogens with one attached hydrogen (secondary N) is 2. The molecule has 0 saturated heterocycles. The van der Waals surface area contributed by atoms with E-state index in [0.29, 0.717) is 17.2 Å². The maximum Gasteiger partial charge on any atom is 0.272 e. The highest BCUT2D eigenvalue weighted by molar-refractivity contribution is 6.06. The molecule has 1 amide bonds. The first-order chi connectivity index (χ1) is 12.6. The molecule has 0 aliphatic carbocycles. The van der Waals surface area contributed by atoms with Gasteiger partial charge in [-0.3, -0.25) is 4.79 Å². The Hall–Kier alpha value is -3.47. The van der Waals surface area contributed by atoms with Gasteiger partial charge < -0.3 is 10.3 Å². The van der Waals surface area contributed by atoms with E-state index in [-0.39, 0.29) is 5.91 Å². The molecule has 4 aromatic rings. The number of hydrogen-bond donors (Lipinski definition) is 2. The number of fused-ring (bicyclic) bond motifs is 1. The molecule has 0 aliphatic rings. The highest BCUT2D eigenvalue weighted by atomic mass is 16.1. The van der Waals surface area contributed by atoms with Gasteiger partial charge in [0.15, 0.2) is 5.82 Å². The minimum absolute atomic E-state index is 0.214. The number of hydrogen-bond acceptors (Lipinski definition) is 3. The maximum absolute atomic E-state index is 12.5. The second kappa shape index (κ2) is 6.44. The summed E-state index contributed by atoms with van der Waals surface area (Å²) in [5.74, 6) is 0.412. The predicted octanol–water partition coefficient (Wildman–Crippen LogP) is 4.49. The van der Waals surface area contributed by atoms with E-state index >= 15 is 0 Å². The average Bonchev–Trinajstić information content (AvgIpc) is 3.08. The number of rotatable bonds is 3. The first kappa shape index (κ1) is 16.0. The zero-order valence-electron chi connectivity index (χ0n) is 14.6. The molecular weight excluding hydrogens is 324 g/mol. The lowest BCUT2D eigenvalue weighted by molar-refractivity contribution is 0.102. The molecule has 0 saturated carbocycles. The van der Waals surface area contributed by atoms with Gasteiger partial charge in [0.05, 0.1) is 18.1 Å². The van der Waals surface area contributed by atoms with E-state index in [1.165, 1.54) is 0 Å². The number of aryl methyl sites for hydroxylation is 2. The summed E-state index contributed by atoms with van der Waals surface area (Å²) in [4.78, 5) is 24.4. The SMILES string of the molecule is Cc1cc(C)c2cc(C(=O)Nc3cnc(-c4ccccc4)nc3)[nH]c2c1. The molecule has 0 spiro atoms. The topological polar surface area (TPSA) is 70.7 Å². The van der Waals surface area contributed by atoms with E-state index in [0.717, 1.165) is 27.6 Å². The summed E-state index contributed by atoms with van der Waals surface area (Å²) in [6.07, 6.45) is 3.23. The molecule has 0 aliphatic heterocycles. The van der Waals surface area contributed by atoms with Crippen molar-refractivity contribution in [3.05, 3.63) is 77.7 Å². The molecule has 2 aromatic heterocycles. The molecule has 2 N–H and O–H groups in total. The van der Waals surface area contributed by atoms with Gasteiger partial charge in [-0.2, -0.15) is 0 Å².